The van der Waals surface area contributed by atoms with Gasteiger partial charge in [-0.15, -0.1) is 0 Å². The van der Waals surface area contributed by atoms with Crippen LogP contribution in [-0.2, 0) is 13.0 Å². The van der Waals surface area contributed by atoms with Crippen molar-refractivity contribution in [3.05, 3.63) is 0 Å². The maximum Gasteiger partial charge on any atom is 0.317 e. The number of carboxylic acids is 1. The maximum absolute atomic E-state index is 11.0. The molecule has 4 nitrogen and oxygen atoms in total. The summed E-state index contributed by atoms with van der Waals surface area (Å²) < 4.78 is 13.3. The molecule has 132 valence electrons. The molecule has 0 saturated carbocycles. The molecule has 22 heavy (non-hydrogen) atoms. The number of carboxylic acid groups (broad SMARTS) is 1. The van der Waals surface area contributed by atoms with E-state index in [1.54, 1.807) is 6.92 Å². The van der Waals surface area contributed by atoms with Crippen LogP contribution in [0.15, 0.2) is 0 Å². The second-order valence-corrected chi connectivity index (χ2v) is 21.1. The van der Waals surface area contributed by atoms with Crippen molar-refractivity contribution in [1.82, 2.24) is 0 Å². The van der Waals surface area contributed by atoms with Gasteiger partial charge in [-0.3, -0.25) is 4.79 Å². The van der Waals surface area contributed by atoms with Gasteiger partial charge < -0.3 is 13.3 Å². The highest BCUT2D eigenvalue weighted by atomic mass is 28.5. The average molecular weight is 365 g/mol. The van der Waals surface area contributed by atoms with Crippen LogP contribution in [0.1, 0.15) is 33.1 Å². The Balaban J connectivity index is 5.05. The molecule has 0 aliphatic rings. The van der Waals surface area contributed by atoms with Gasteiger partial charge in [0.1, 0.15) is 0 Å². The van der Waals surface area contributed by atoms with Crippen LogP contribution in [0.25, 0.3) is 0 Å². The summed E-state index contributed by atoms with van der Waals surface area (Å²) in [7, 11) is -5.61. The van der Waals surface area contributed by atoms with Crippen molar-refractivity contribution in [2.45, 2.75) is 84.5 Å². The third-order valence-corrected chi connectivity index (χ3v) is 13.5. The molecule has 0 amide bonds. The van der Waals surface area contributed by atoms with Gasteiger partial charge in [0.25, 0.3) is 0 Å². The summed E-state index contributed by atoms with van der Waals surface area (Å²) in [5, 5.41) is 9.05. The lowest BCUT2D eigenvalue weighted by molar-refractivity contribution is -0.141. The lowest BCUT2D eigenvalue weighted by Crippen LogP contribution is -2.54. The van der Waals surface area contributed by atoms with Crippen molar-refractivity contribution in [3.8, 4) is 0 Å². The lowest BCUT2D eigenvalue weighted by atomic mass is 10.1. The van der Waals surface area contributed by atoms with E-state index < -0.39 is 31.2 Å². The zero-order valence-electron chi connectivity index (χ0n) is 15.8. The largest absolute Gasteiger partial charge is 0.481 e. The minimum atomic E-state index is -2.24. The second kappa shape index (κ2) is 8.77. The average Bonchev–Trinajstić information content (AvgIpc) is 2.23. The Morgan fingerprint density at radius 2 is 1.45 bits per heavy atom. The van der Waals surface area contributed by atoms with Crippen LogP contribution in [0.3, 0.4) is 0 Å². The van der Waals surface area contributed by atoms with Gasteiger partial charge in [-0.05, 0) is 57.8 Å². The topological polar surface area (TPSA) is 55.8 Å². The highest BCUT2D eigenvalue weighted by Crippen LogP contribution is 2.31. The predicted molar refractivity (Wildman–Crippen MR) is 101 cm³/mol. The van der Waals surface area contributed by atoms with Crippen LogP contribution in [0.4, 0.5) is 0 Å². The summed E-state index contributed by atoms with van der Waals surface area (Å²) in [6.45, 7) is 17.3. The van der Waals surface area contributed by atoms with E-state index in [1.165, 1.54) is 0 Å². The Labute approximate surface area is 140 Å². The molecule has 0 radical (unpaired) electrons. The number of aliphatic carboxylic acids is 1. The van der Waals surface area contributed by atoms with Crippen molar-refractivity contribution >= 4 is 31.2 Å². The fourth-order valence-electron chi connectivity index (χ4n) is 2.65. The van der Waals surface area contributed by atoms with Crippen LogP contribution in [0, 0.1) is 5.92 Å². The minimum Gasteiger partial charge on any atom is -0.481 e. The fraction of sp³-hybridized carbons (Fsp3) is 0.933. The van der Waals surface area contributed by atoms with E-state index in [-0.39, 0.29) is 5.92 Å². The third-order valence-electron chi connectivity index (χ3n) is 3.23. The van der Waals surface area contributed by atoms with E-state index in [2.05, 4.69) is 46.2 Å². The van der Waals surface area contributed by atoms with E-state index in [1.807, 2.05) is 0 Å². The molecule has 0 fully saturated rings. The molecule has 0 aromatic carbocycles. The zero-order chi connectivity index (χ0) is 17.6. The molecule has 7 heteroatoms. The molecule has 0 aliphatic heterocycles. The Morgan fingerprint density at radius 3 is 1.77 bits per heavy atom. The van der Waals surface area contributed by atoms with Gasteiger partial charge >= 0.3 is 14.5 Å². The molecule has 0 aromatic heterocycles. The van der Waals surface area contributed by atoms with Crippen LogP contribution in [-0.4, -0.2) is 36.3 Å². The van der Waals surface area contributed by atoms with Gasteiger partial charge in [0.15, 0.2) is 16.6 Å². The molecule has 0 aliphatic carbocycles. The van der Waals surface area contributed by atoms with E-state index >= 15 is 0 Å². The van der Waals surface area contributed by atoms with Gasteiger partial charge in [-0.1, -0.05) is 26.7 Å². The molecule has 1 atom stereocenters. The molecule has 1 unspecified atom stereocenters. The first kappa shape index (κ1) is 22.0. The standard InChI is InChI=1S/C15H36O4Si3/c1-9-12-22(18-20(3,4)5,19-21(6,7)8)13-10-11-14(2)15(16)17/h14H,9-13H2,1-8H3,(H,16,17). The highest BCUT2D eigenvalue weighted by Gasteiger charge is 2.43. The predicted octanol–water partition coefficient (Wildman–Crippen LogP) is 5.04. The summed E-state index contributed by atoms with van der Waals surface area (Å²) in [6, 6.07) is 1.94. The molecule has 0 spiro atoms. The van der Waals surface area contributed by atoms with E-state index in [0.29, 0.717) is 6.42 Å². The van der Waals surface area contributed by atoms with Crippen molar-refractivity contribution in [2.24, 2.45) is 5.92 Å². The van der Waals surface area contributed by atoms with Crippen molar-refractivity contribution in [1.29, 1.82) is 0 Å². The summed E-state index contributed by atoms with van der Waals surface area (Å²) in [5.74, 6) is -0.993. The van der Waals surface area contributed by atoms with Gasteiger partial charge in [0.2, 0.25) is 0 Å². The molecule has 0 bridgehead atoms. The summed E-state index contributed by atoms with van der Waals surface area (Å²) >= 11 is 0. The van der Waals surface area contributed by atoms with E-state index in [4.69, 9.17) is 13.3 Å². The molecule has 0 rings (SSSR count). The maximum atomic E-state index is 11.0. The van der Waals surface area contributed by atoms with Gasteiger partial charge in [0.05, 0.1) is 5.92 Å². The molecule has 0 aromatic rings. The molecule has 0 saturated heterocycles. The summed E-state index contributed by atoms with van der Waals surface area (Å²) in [4.78, 5) is 11.0. The van der Waals surface area contributed by atoms with E-state index in [9.17, 15) is 4.79 Å². The molecular formula is C15H36O4Si3. The smallest absolute Gasteiger partial charge is 0.317 e. The normalized spacial score (nSPS) is 14.9. The van der Waals surface area contributed by atoms with Crippen LogP contribution >= 0.6 is 0 Å². The van der Waals surface area contributed by atoms with Crippen molar-refractivity contribution in [2.75, 3.05) is 0 Å². The number of carbonyl (C=O) groups is 1. The first-order valence-electron chi connectivity index (χ1n) is 8.43. The Morgan fingerprint density at radius 1 is 1.00 bits per heavy atom. The molecular weight excluding hydrogens is 328 g/mol. The van der Waals surface area contributed by atoms with Crippen molar-refractivity contribution < 1.29 is 18.1 Å². The van der Waals surface area contributed by atoms with Crippen LogP contribution in [0.2, 0.25) is 51.4 Å². The monoisotopic (exact) mass is 364 g/mol. The van der Waals surface area contributed by atoms with Crippen LogP contribution < -0.4 is 0 Å². The third kappa shape index (κ3) is 9.94. The number of rotatable bonds is 11. The van der Waals surface area contributed by atoms with E-state index in [0.717, 1.165) is 24.9 Å². The molecule has 0 heterocycles. The highest BCUT2D eigenvalue weighted by molar-refractivity contribution is 6.88. The second-order valence-electron chi connectivity index (χ2n) is 8.22. The first-order valence-corrected chi connectivity index (χ1v) is 17.5. The van der Waals surface area contributed by atoms with Gasteiger partial charge in [-0.2, -0.15) is 0 Å². The SMILES string of the molecule is CCC[Si](CCCC(C)C(=O)O)(O[Si](C)(C)C)O[Si](C)(C)C. The van der Waals surface area contributed by atoms with Crippen molar-refractivity contribution in [3.63, 3.8) is 0 Å². The number of hydrogen-bond acceptors (Lipinski definition) is 3. The first-order chi connectivity index (χ1) is 9.80. The quantitative estimate of drug-likeness (QED) is 0.522. The van der Waals surface area contributed by atoms with Gasteiger partial charge in [-0.25, -0.2) is 0 Å². The Bertz CT molecular complexity index is 332. The summed E-state index contributed by atoms with van der Waals surface area (Å²) in [6.07, 6.45) is 2.65. The number of hydrogen-bond donors (Lipinski definition) is 1. The minimum absolute atomic E-state index is 0.285. The molecule has 1 N–H and O–H groups in total. The Kier molecular flexibility index (Phi) is 8.79. The zero-order valence-corrected chi connectivity index (χ0v) is 18.8. The van der Waals surface area contributed by atoms with Gasteiger partial charge in [0, 0.05) is 0 Å². The Hall–Kier alpha value is 0.0406. The van der Waals surface area contributed by atoms with Crippen LogP contribution in [0.5, 0.6) is 0 Å². The summed E-state index contributed by atoms with van der Waals surface area (Å²) in [5.41, 5.74) is 0. The lowest BCUT2D eigenvalue weighted by Gasteiger charge is -2.41. The fourth-order valence-corrected chi connectivity index (χ4v) is 15.5.